The van der Waals surface area contributed by atoms with Crippen LogP contribution in [0.5, 0.6) is 0 Å². The van der Waals surface area contributed by atoms with Gasteiger partial charge in [0.25, 0.3) is 0 Å². The van der Waals surface area contributed by atoms with Gasteiger partial charge in [-0.2, -0.15) is 5.10 Å². The van der Waals surface area contributed by atoms with E-state index in [1.807, 2.05) is 97.1 Å². The predicted octanol–water partition coefficient (Wildman–Crippen LogP) is 4.83. The summed E-state index contributed by atoms with van der Waals surface area (Å²) in [5, 5.41) is 17.9. The zero-order chi connectivity index (χ0) is 38.6. The van der Waals surface area contributed by atoms with Gasteiger partial charge < -0.3 is 20.7 Å². The number of hydrazone groups is 1. The van der Waals surface area contributed by atoms with Crippen LogP contribution in [-0.2, 0) is 45.0 Å². The van der Waals surface area contributed by atoms with Crippen molar-refractivity contribution in [3.8, 4) is 0 Å². The van der Waals surface area contributed by atoms with Crippen molar-refractivity contribution in [3.05, 3.63) is 148 Å². The Morgan fingerprint density at radius 3 is 2.15 bits per heavy atom. The van der Waals surface area contributed by atoms with E-state index in [-0.39, 0.29) is 26.0 Å². The minimum absolute atomic E-state index is 0.0586. The van der Waals surface area contributed by atoms with Gasteiger partial charge in [-0.15, -0.1) is 0 Å². The van der Waals surface area contributed by atoms with E-state index in [0.717, 1.165) is 36.9 Å². The van der Waals surface area contributed by atoms with Crippen molar-refractivity contribution in [3.63, 3.8) is 0 Å². The standard InChI is InChI=1S/C41H38BrN7O6/c42-33-16-13-28(14-17-33)21-36(47-41(54)55-26-30-9-6-18-43-23-30)39(52)46-35(22-29-12-15-31-10-4-5-11-32(31)19-29)38(51)45-34(20-27-7-2-1-3-8-27)24-44-49-25-37(50)48-40(49)53/h1-19,23-24,34-36H,20-22,25-26H2,(H,45,51)(H,46,52)(H,47,54)(H,48,50,53)/b44-24+. The molecule has 1 saturated heterocycles. The highest BCUT2D eigenvalue weighted by Gasteiger charge is 2.30. The van der Waals surface area contributed by atoms with E-state index in [4.69, 9.17) is 4.74 Å². The van der Waals surface area contributed by atoms with Gasteiger partial charge in [-0.1, -0.05) is 107 Å². The minimum atomic E-state index is -1.12. The Labute approximate surface area is 325 Å². The molecule has 1 aromatic heterocycles. The lowest BCUT2D eigenvalue weighted by molar-refractivity contribution is -0.130. The fourth-order valence-electron chi connectivity index (χ4n) is 5.94. The Bertz CT molecular complexity index is 2170. The predicted molar refractivity (Wildman–Crippen MR) is 210 cm³/mol. The molecule has 6 rings (SSSR count). The Balaban J connectivity index is 1.26. The van der Waals surface area contributed by atoms with E-state index < -0.39 is 48.0 Å². The third kappa shape index (κ3) is 11.3. The summed E-state index contributed by atoms with van der Waals surface area (Å²) < 4.78 is 6.27. The van der Waals surface area contributed by atoms with E-state index in [9.17, 15) is 24.0 Å². The summed E-state index contributed by atoms with van der Waals surface area (Å²) in [7, 11) is 0. The van der Waals surface area contributed by atoms with Crippen LogP contribution >= 0.6 is 15.9 Å². The highest BCUT2D eigenvalue weighted by Crippen LogP contribution is 2.18. The largest absolute Gasteiger partial charge is 0.445 e. The third-order valence-electron chi connectivity index (χ3n) is 8.73. The number of nitrogens with one attached hydrogen (secondary N) is 4. The number of carbonyl (C=O) groups is 5. The molecule has 1 aliphatic rings. The zero-order valence-electron chi connectivity index (χ0n) is 29.6. The second-order valence-electron chi connectivity index (χ2n) is 12.9. The van der Waals surface area contributed by atoms with Gasteiger partial charge in [0, 0.05) is 41.5 Å². The summed E-state index contributed by atoms with van der Waals surface area (Å²) in [5.74, 6) is -1.63. The van der Waals surface area contributed by atoms with Crippen LogP contribution in [0.4, 0.5) is 9.59 Å². The number of ether oxygens (including phenoxy) is 1. The van der Waals surface area contributed by atoms with E-state index in [1.54, 1.807) is 24.5 Å². The fourth-order valence-corrected chi connectivity index (χ4v) is 6.21. The molecule has 0 saturated carbocycles. The summed E-state index contributed by atoms with van der Waals surface area (Å²) in [5.41, 5.74) is 3.09. The molecule has 13 nitrogen and oxygen atoms in total. The number of carbonyl (C=O) groups excluding carboxylic acids is 5. The maximum absolute atomic E-state index is 14.3. The van der Waals surface area contributed by atoms with Gasteiger partial charge in [-0.05, 0) is 52.1 Å². The molecule has 14 heteroatoms. The van der Waals surface area contributed by atoms with Crippen LogP contribution in [0.15, 0.2) is 131 Å². The average Bonchev–Trinajstić information content (AvgIpc) is 3.52. The smallest absolute Gasteiger partial charge is 0.408 e. The van der Waals surface area contributed by atoms with Crippen LogP contribution in [0.2, 0.25) is 0 Å². The van der Waals surface area contributed by atoms with Gasteiger partial charge in [0.15, 0.2) is 0 Å². The van der Waals surface area contributed by atoms with E-state index in [1.165, 1.54) is 6.21 Å². The molecule has 2 heterocycles. The van der Waals surface area contributed by atoms with Gasteiger partial charge >= 0.3 is 12.1 Å². The van der Waals surface area contributed by atoms with Crippen molar-refractivity contribution in [1.29, 1.82) is 0 Å². The second-order valence-corrected chi connectivity index (χ2v) is 13.8. The number of rotatable bonds is 15. The van der Waals surface area contributed by atoms with Crippen LogP contribution < -0.4 is 21.3 Å². The molecule has 3 unspecified atom stereocenters. The lowest BCUT2D eigenvalue weighted by Gasteiger charge is -2.25. The van der Waals surface area contributed by atoms with Gasteiger partial charge in [-0.3, -0.25) is 24.7 Å². The molecule has 6 amide bonds. The van der Waals surface area contributed by atoms with Crippen molar-refractivity contribution in [1.82, 2.24) is 31.3 Å². The second kappa shape index (κ2) is 18.6. The number of hydrogen-bond donors (Lipinski definition) is 4. The summed E-state index contributed by atoms with van der Waals surface area (Å²) in [4.78, 5) is 69.6. The fraction of sp³-hybridized carbons (Fsp3) is 0.195. The van der Waals surface area contributed by atoms with Crippen LogP contribution in [0.3, 0.4) is 0 Å². The van der Waals surface area contributed by atoms with Crippen LogP contribution in [0, 0.1) is 0 Å². The number of alkyl carbamates (subject to hydrolysis) is 1. The number of pyridine rings is 1. The van der Waals surface area contributed by atoms with Gasteiger partial charge in [-0.25, -0.2) is 14.6 Å². The molecular formula is C41H38BrN7O6. The Hall–Kier alpha value is -6.41. The molecule has 3 atom stereocenters. The first kappa shape index (κ1) is 38.3. The van der Waals surface area contributed by atoms with Gasteiger partial charge in [0.05, 0.1) is 6.04 Å². The Kier molecular flexibility index (Phi) is 12.9. The van der Waals surface area contributed by atoms with E-state index >= 15 is 0 Å². The quantitative estimate of drug-likeness (QED) is 0.0868. The number of halogens is 1. The first-order valence-electron chi connectivity index (χ1n) is 17.5. The number of benzene rings is 4. The molecule has 0 bridgehead atoms. The number of hydrogen-bond acceptors (Lipinski definition) is 8. The van der Waals surface area contributed by atoms with Crippen molar-refractivity contribution in [2.75, 3.05) is 6.54 Å². The summed E-state index contributed by atoms with van der Waals surface area (Å²) in [6.07, 6.45) is 4.27. The highest BCUT2D eigenvalue weighted by atomic mass is 79.9. The number of urea groups is 1. The number of amides is 6. The van der Waals surface area contributed by atoms with Crippen molar-refractivity contribution >= 4 is 62.8 Å². The molecule has 280 valence electrons. The Morgan fingerprint density at radius 2 is 1.42 bits per heavy atom. The molecule has 0 spiro atoms. The summed E-state index contributed by atoms with van der Waals surface area (Å²) in [6.45, 7) is -0.309. The molecule has 4 N–H and O–H groups in total. The molecule has 1 fully saturated rings. The van der Waals surface area contributed by atoms with Crippen molar-refractivity contribution in [2.45, 2.75) is 44.0 Å². The van der Waals surface area contributed by atoms with E-state index in [0.29, 0.717) is 12.0 Å². The summed E-state index contributed by atoms with van der Waals surface area (Å²) in [6, 6.07) is 30.1. The Morgan fingerprint density at radius 1 is 0.764 bits per heavy atom. The summed E-state index contributed by atoms with van der Waals surface area (Å²) >= 11 is 3.43. The average molecular weight is 805 g/mol. The van der Waals surface area contributed by atoms with Crippen LogP contribution in [-0.4, -0.2) is 70.7 Å². The SMILES string of the molecule is O=C1CN(/N=C/C(Cc2ccccc2)NC(=O)C(Cc2ccc3ccccc3c2)NC(=O)C(Cc2ccc(Br)cc2)NC(=O)OCc2cccnc2)C(=O)N1. The topological polar surface area (TPSA) is 171 Å². The molecule has 0 aliphatic carbocycles. The van der Waals surface area contributed by atoms with Gasteiger partial charge in [0.1, 0.15) is 25.2 Å². The maximum atomic E-state index is 14.3. The number of aromatic nitrogens is 1. The number of fused-ring (bicyclic) bond motifs is 1. The van der Waals surface area contributed by atoms with Gasteiger partial charge in [0.2, 0.25) is 17.7 Å². The van der Waals surface area contributed by atoms with E-state index in [2.05, 4.69) is 47.3 Å². The molecule has 0 radical (unpaired) electrons. The minimum Gasteiger partial charge on any atom is -0.445 e. The third-order valence-corrected chi connectivity index (χ3v) is 9.26. The first-order chi connectivity index (χ1) is 26.7. The zero-order valence-corrected chi connectivity index (χ0v) is 31.1. The lowest BCUT2D eigenvalue weighted by atomic mass is 9.99. The monoisotopic (exact) mass is 803 g/mol. The lowest BCUT2D eigenvalue weighted by Crippen LogP contribution is -2.56. The highest BCUT2D eigenvalue weighted by molar-refractivity contribution is 9.10. The normalized spacial score (nSPS) is 14.2. The van der Waals surface area contributed by atoms with Crippen molar-refractivity contribution in [2.24, 2.45) is 5.10 Å². The molecular weight excluding hydrogens is 766 g/mol. The van der Waals surface area contributed by atoms with Crippen LogP contribution in [0.1, 0.15) is 22.3 Å². The van der Waals surface area contributed by atoms with Crippen molar-refractivity contribution < 1.29 is 28.7 Å². The first-order valence-corrected chi connectivity index (χ1v) is 18.3. The molecule has 1 aliphatic heterocycles. The van der Waals surface area contributed by atoms with Crippen LogP contribution in [0.25, 0.3) is 10.8 Å². The molecule has 5 aromatic rings. The number of imide groups is 1. The molecule has 55 heavy (non-hydrogen) atoms. The number of nitrogens with zero attached hydrogens (tertiary/aromatic N) is 3. The maximum Gasteiger partial charge on any atom is 0.408 e. The molecule has 4 aromatic carbocycles.